The first-order chi connectivity index (χ1) is 8.04. The van der Waals surface area contributed by atoms with Gasteiger partial charge in [0.15, 0.2) is 0 Å². The summed E-state index contributed by atoms with van der Waals surface area (Å²) in [5.41, 5.74) is 5.88. The van der Waals surface area contributed by atoms with E-state index in [1.54, 1.807) is 6.07 Å². The molecule has 96 valence electrons. The van der Waals surface area contributed by atoms with Crippen LogP contribution in [0.25, 0.3) is 0 Å². The summed E-state index contributed by atoms with van der Waals surface area (Å²) in [6.45, 7) is 1.78. The number of nitrogens with zero attached hydrogens (tertiary/aromatic N) is 1. The number of alkyl halides is 2. The van der Waals surface area contributed by atoms with Crippen molar-refractivity contribution in [2.45, 2.75) is 32.4 Å². The number of aromatic nitrogens is 1. The zero-order valence-corrected chi connectivity index (χ0v) is 9.70. The molecule has 0 saturated carbocycles. The summed E-state index contributed by atoms with van der Waals surface area (Å²) in [7, 11) is 0. The number of nitrogens with one attached hydrogen (secondary N) is 1. The first kappa shape index (κ1) is 13.6. The molecule has 4 nitrogen and oxygen atoms in total. The van der Waals surface area contributed by atoms with Crippen molar-refractivity contribution in [3.63, 3.8) is 0 Å². The minimum atomic E-state index is -2.48. The number of hydrogen-bond acceptors (Lipinski definition) is 2. The molecule has 1 unspecified atom stereocenters. The molecule has 1 heterocycles. The van der Waals surface area contributed by atoms with Crippen molar-refractivity contribution in [1.82, 2.24) is 9.88 Å². The maximum Gasteiger partial charge on any atom is 0.267 e. The Kier molecular flexibility index (Phi) is 5.09. The van der Waals surface area contributed by atoms with Crippen LogP contribution in [0.4, 0.5) is 8.78 Å². The molecule has 3 N–H and O–H groups in total. The summed E-state index contributed by atoms with van der Waals surface area (Å²) in [5, 5.41) is 2.62. The fourth-order valence-corrected chi connectivity index (χ4v) is 1.39. The van der Waals surface area contributed by atoms with Crippen molar-refractivity contribution in [2.24, 2.45) is 5.73 Å². The van der Waals surface area contributed by atoms with E-state index in [-0.39, 0.29) is 17.6 Å². The van der Waals surface area contributed by atoms with Crippen LogP contribution in [0, 0.1) is 0 Å². The Hall–Kier alpha value is -1.43. The smallest absolute Gasteiger partial charge is 0.267 e. The molecule has 0 bridgehead atoms. The highest BCUT2D eigenvalue weighted by molar-refractivity contribution is 5.92. The van der Waals surface area contributed by atoms with Gasteiger partial charge in [0.2, 0.25) is 0 Å². The summed E-state index contributed by atoms with van der Waals surface area (Å²) in [6.07, 6.45) is -0.272. The highest BCUT2D eigenvalue weighted by Crippen LogP contribution is 2.06. The van der Waals surface area contributed by atoms with E-state index in [2.05, 4.69) is 5.32 Å². The predicted octanol–water partition coefficient (Wildman–Crippen LogP) is 1.22. The summed E-state index contributed by atoms with van der Waals surface area (Å²) in [5.74, 6) is -0.375. The average molecular weight is 245 g/mol. The van der Waals surface area contributed by atoms with Crippen LogP contribution in [0.3, 0.4) is 0 Å². The second-order valence-electron chi connectivity index (χ2n) is 3.82. The van der Waals surface area contributed by atoms with Gasteiger partial charge in [-0.15, -0.1) is 0 Å². The monoisotopic (exact) mass is 245 g/mol. The standard InChI is InChI=1S/C11H17F2N3O/c1-2-8(14)6-15-11(17)9-4-3-5-16(9)7-10(12)13/h3-5,8,10H,2,6-7,14H2,1H3,(H,15,17). The molecular formula is C11H17F2N3O. The van der Waals surface area contributed by atoms with E-state index < -0.39 is 13.0 Å². The van der Waals surface area contributed by atoms with Gasteiger partial charge in [0.25, 0.3) is 12.3 Å². The number of rotatable bonds is 6. The van der Waals surface area contributed by atoms with Gasteiger partial charge in [0.05, 0.1) is 6.54 Å². The first-order valence-electron chi connectivity index (χ1n) is 5.51. The Bertz CT molecular complexity index is 365. The molecular weight excluding hydrogens is 228 g/mol. The molecule has 0 saturated heterocycles. The molecule has 17 heavy (non-hydrogen) atoms. The maximum atomic E-state index is 12.2. The number of amides is 1. The van der Waals surface area contributed by atoms with Crippen LogP contribution in [-0.2, 0) is 6.54 Å². The summed E-state index contributed by atoms with van der Waals surface area (Å²) in [4.78, 5) is 11.7. The number of halogens is 2. The Morgan fingerprint density at radius 2 is 2.29 bits per heavy atom. The number of carbonyl (C=O) groups excluding carboxylic acids is 1. The molecule has 6 heteroatoms. The SMILES string of the molecule is CCC(N)CNC(=O)c1cccn1CC(F)F. The molecule has 1 aromatic heterocycles. The fraction of sp³-hybridized carbons (Fsp3) is 0.545. The molecule has 0 radical (unpaired) electrons. The molecule has 0 aromatic carbocycles. The van der Waals surface area contributed by atoms with Gasteiger partial charge >= 0.3 is 0 Å². The van der Waals surface area contributed by atoms with Gasteiger partial charge in [-0.3, -0.25) is 4.79 Å². The number of hydrogen-bond donors (Lipinski definition) is 2. The summed E-state index contributed by atoms with van der Waals surface area (Å²) in [6, 6.07) is 2.96. The lowest BCUT2D eigenvalue weighted by molar-refractivity contribution is 0.0928. The second kappa shape index (κ2) is 6.34. The third-order valence-corrected chi connectivity index (χ3v) is 2.45. The van der Waals surface area contributed by atoms with Gasteiger partial charge in [0.1, 0.15) is 5.69 Å². The number of carbonyl (C=O) groups is 1. The van der Waals surface area contributed by atoms with Gasteiger partial charge in [-0.05, 0) is 18.6 Å². The second-order valence-corrected chi connectivity index (χ2v) is 3.82. The topological polar surface area (TPSA) is 60.0 Å². The van der Waals surface area contributed by atoms with E-state index in [9.17, 15) is 13.6 Å². The maximum absolute atomic E-state index is 12.2. The van der Waals surface area contributed by atoms with E-state index in [1.807, 2.05) is 6.92 Å². The number of nitrogens with two attached hydrogens (primary N) is 1. The molecule has 1 atom stereocenters. The van der Waals surface area contributed by atoms with Crippen molar-refractivity contribution < 1.29 is 13.6 Å². The van der Waals surface area contributed by atoms with E-state index in [0.717, 1.165) is 6.42 Å². The highest BCUT2D eigenvalue weighted by atomic mass is 19.3. The van der Waals surface area contributed by atoms with Crippen LogP contribution >= 0.6 is 0 Å². The van der Waals surface area contributed by atoms with Gasteiger partial charge in [-0.25, -0.2) is 8.78 Å². The van der Waals surface area contributed by atoms with Crippen LogP contribution in [0.1, 0.15) is 23.8 Å². The van der Waals surface area contributed by atoms with E-state index >= 15 is 0 Å². The van der Waals surface area contributed by atoms with Gasteiger partial charge in [-0.2, -0.15) is 0 Å². The van der Waals surface area contributed by atoms with Crippen LogP contribution in [0.2, 0.25) is 0 Å². The van der Waals surface area contributed by atoms with Crippen molar-refractivity contribution in [2.75, 3.05) is 6.54 Å². The van der Waals surface area contributed by atoms with E-state index in [0.29, 0.717) is 6.54 Å². The van der Waals surface area contributed by atoms with Crippen LogP contribution in [-0.4, -0.2) is 29.5 Å². The lowest BCUT2D eigenvalue weighted by Gasteiger charge is -2.12. The summed E-state index contributed by atoms with van der Waals surface area (Å²) >= 11 is 0. The van der Waals surface area contributed by atoms with Crippen LogP contribution in [0.15, 0.2) is 18.3 Å². The van der Waals surface area contributed by atoms with Gasteiger partial charge < -0.3 is 15.6 Å². The zero-order chi connectivity index (χ0) is 12.8. The van der Waals surface area contributed by atoms with Crippen molar-refractivity contribution in [3.8, 4) is 0 Å². The third-order valence-electron chi connectivity index (χ3n) is 2.45. The largest absolute Gasteiger partial charge is 0.349 e. The minimum Gasteiger partial charge on any atom is -0.349 e. The summed E-state index contributed by atoms with van der Waals surface area (Å²) < 4.78 is 25.7. The highest BCUT2D eigenvalue weighted by Gasteiger charge is 2.14. The molecule has 1 amide bonds. The Balaban J connectivity index is 2.59. The molecule has 1 aromatic rings. The lowest BCUT2D eigenvalue weighted by atomic mass is 10.2. The molecule has 0 fully saturated rings. The molecule has 0 aliphatic rings. The van der Waals surface area contributed by atoms with Crippen molar-refractivity contribution in [3.05, 3.63) is 24.0 Å². The first-order valence-corrected chi connectivity index (χ1v) is 5.51. The molecule has 0 aliphatic heterocycles. The molecule has 0 spiro atoms. The third kappa shape index (κ3) is 4.14. The Labute approximate surface area is 98.8 Å². The predicted molar refractivity (Wildman–Crippen MR) is 61.0 cm³/mol. The van der Waals surface area contributed by atoms with Crippen LogP contribution in [0.5, 0.6) is 0 Å². The normalized spacial score (nSPS) is 12.8. The zero-order valence-electron chi connectivity index (χ0n) is 9.70. The van der Waals surface area contributed by atoms with Crippen LogP contribution < -0.4 is 11.1 Å². The molecule has 1 rings (SSSR count). The quantitative estimate of drug-likeness (QED) is 0.791. The van der Waals surface area contributed by atoms with Crippen molar-refractivity contribution >= 4 is 5.91 Å². The fourth-order valence-electron chi connectivity index (χ4n) is 1.39. The average Bonchev–Trinajstić information content (AvgIpc) is 2.72. The van der Waals surface area contributed by atoms with Gasteiger partial charge in [-0.1, -0.05) is 6.92 Å². The van der Waals surface area contributed by atoms with Gasteiger partial charge in [0, 0.05) is 18.8 Å². The lowest BCUT2D eigenvalue weighted by Crippen LogP contribution is -2.37. The minimum absolute atomic E-state index is 0.113. The molecule has 0 aliphatic carbocycles. The van der Waals surface area contributed by atoms with Crippen molar-refractivity contribution in [1.29, 1.82) is 0 Å². The van der Waals surface area contributed by atoms with E-state index in [4.69, 9.17) is 5.73 Å². The Morgan fingerprint density at radius 1 is 1.59 bits per heavy atom. The van der Waals surface area contributed by atoms with E-state index in [1.165, 1.54) is 16.8 Å². The Morgan fingerprint density at radius 3 is 2.88 bits per heavy atom.